The number of nitrogens with zero attached hydrogens (tertiary/aromatic N) is 5. The molecular weight excluding hydrogens is 470 g/mol. The zero-order valence-electron chi connectivity index (χ0n) is 22.5. The summed E-state index contributed by atoms with van der Waals surface area (Å²) in [6.45, 7) is 13.7. The van der Waals surface area contributed by atoms with Crippen molar-refractivity contribution < 1.29 is 0 Å². The molecule has 0 amide bonds. The first-order chi connectivity index (χ1) is 17.5. The van der Waals surface area contributed by atoms with Crippen LogP contribution in [0.4, 0.5) is 0 Å². The number of aromatic amines is 2. The number of H-pyrrole nitrogens is 2. The Morgan fingerprint density at radius 2 is 1.61 bits per heavy atom. The maximum Gasteiger partial charge on any atom is 0.123 e. The first kappa shape index (κ1) is 28.4. The highest BCUT2D eigenvalue weighted by Crippen LogP contribution is 2.25. The summed E-state index contributed by atoms with van der Waals surface area (Å²) < 4.78 is 0. The third-order valence-electron chi connectivity index (χ3n) is 6.66. The molecule has 7 nitrogen and oxygen atoms in total. The van der Waals surface area contributed by atoms with Gasteiger partial charge in [0.15, 0.2) is 0 Å². The number of hydrogen-bond donors (Lipinski definition) is 2. The highest BCUT2D eigenvalue weighted by Gasteiger charge is 2.20. The van der Waals surface area contributed by atoms with Gasteiger partial charge in [0, 0.05) is 42.9 Å². The van der Waals surface area contributed by atoms with Crippen molar-refractivity contribution in [2.24, 2.45) is 0 Å². The van der Waals surface area contributed by atoms with Crippen molar-refractivity contribution >= 4 is 11.6 Å². The summed E-state index contributed by atoms with van der Waals surface area (Å²) >= 11 is 6.76. The van der Waals surface area contributed by atoms with Gasteiger partial charge in [-0.3, -0.25) is 4.90 Å². The zero-order valence-corrected chi connectivity index (χ0v) is 23.3. The first-order valence-corrected chi connectivity index (χ1v) is 13.8. The normalized spacial score (nSPS) is 12.8. The van der Waals surface area contributed by atoms with Crippen molar-refractivity contribution in [3.05, 3.63) is 70.8 Å². The third kappa shape index (κ3) is 9.04. The molecule has 2 N–H and O–H groups in total. The zero-order chi connectivity index (χ0) is 25.8. The molecule has 1 unspecified atom stereocenters. The van der Waals surface area contributed by atoms with Crippen molar-refractivity contribution in [2.45, 2.75) is 72.1 Å². The van der Waals surface area contributed by atoms with Gasteiger partial charge in [-0.15, -0.1) is 0 Å². The third-order valence-corrected chi connectivity index (χ3v) is 7.01. The van der Waals surface area contributed by atoms with Gasteiger partial charge in [-0.25, -0.2) is 9.97 Å². The highest BCUT2D eigenvalue weighted by molar-refractivity contribution is 6.31. The molecule has 0 radical (unpaired) electrons. The maximum absolute atomic E-state index is 6.76. The maximum atomic E-state index is 6.76. The monoisotopic (exact) mass is 513 g/mol. The minimum absolute atomic E-state index is 0.111. The van der Waals surface area contributed by atoms with Crippen molar-refractivity contribution in [3.63, 3.8) is 0 Å². The Morgan fingerprint density at radius 3 is 2.25 bits per heavy atom. The van der Waals surface area contributed by atoms with E-state index in [4.69, 9.17) is 11.6 Å². The Morgan fingerprint density at radius 1 is 0.889 bits per heavy atom. The molecule has 1 atom stereocenters. The molecule has 0 spiro atoms. The van der Waals surface area contributed by atoms with Crippen molar-refractivity contribution in [2.75, 3.05) is 33.2 Å². The standard InChI is InChI=1S/C28H44ClN7/c1-5-15-35(16-6-2)18-8-7-17-34(4)21-25-10-9-24(19-26(25)29)20-36(22-27-30-11-12-31-27)23(3)28-32-13-14-33-28/h9-14,19,23H,5-8,15-18,20-22H2,1-4H3,(H,30,31)(H,32,33). The molecule has 0 saturated carbocycles. The topological polar surface area (TPSA) is 67.1 Å². The van der Waals surface area contributed by atoms with E-state index in [9.17, 15) is 0 Å². The van der Waals surface area contributed by atoms with Crippen molar-refractivity contribution in [3.8, 4) is 0 Å². The lowest BCUT2D eigenvalue weighted by atomic mass is 10.1. The smallest absolute Gasteiger partial charge is 0.123 e. The number of benzene rings is 1. The second-order valence-corrected chi connectivity index (χ2v) is 10.2. The van der Waals surface area contributed by atoms with Crippen LogP contribution in [-0.2, 0) is 19.6 Å². The fraction of sp³-hybridized carbons (Fsp3) is 0.571. The molecule has 3 aromatic rings. The van der Waals surface area contributed by atoms with Crippen LogP contribution in [0.3, 0.4) is 0 Å². The molecule has 0 fully saturated rings. The highest BCUT2D eigenvalue weighted by atomic mass is 35.5. The summed E-state index contributed by atoms with van der Waals surface area (Å²) in [5, 5.41) is 0.833. The van der Waals surface area contributed by atoms with Gasteiger partial charge in [0.2, 0.25) is 0 Å². The molecule has 1 aromatic carbocycles. The van der Waals surface area contributed by atoms with Crippen LogP contribution in [0.2, 0.25) is 5.02 Å². The SMILES string of the molecule is CCCN(CCC)CCCCN(C)Cc1ccc(CN(Cc2ncc[nH]2)C(C)c2ncc[nH]2)cc1Cl. The lowest BCUT2D eigenvalue weighted by molar-refractivity contribution is 0.181. The van der Waals surface area contributed by atoms with Gasteiger partial charge < -0.3 is 19.8 Å². The number of hydrogen-bond acceptors (Lipinski definition) is 5. The molecule has 0 saturated heterocycles. The number of imidazole rings is 2. The Labute approximate surface area is 222 Å². The minimum atomic E-state index is 0.111. The van der Waals surface area contributed by atoms with Crippen LogP contribution in [0, 0.1) is 0 Å². The lowest BCUT2D eigenvalue weighted by Gasteiger charge is -2.27. The molecule has 0 aliphatic carbocycles. The second-order valence-electron chi connectivity index (χ2n) is 9.80. The van der Waals surface area contributed by atoms with Gasteiger partial charge >= 0.3 is 0 Å². The number of aromatic nitrogens is 4. The number of rotatable bonds is 17. The summed E-state index contributed by atoms with van der Waals surface area (Å²) in [4.78, 5) is 22.7. The van der Waals surface area contributed by atoms with E-state index in [-0.39, 0.29) is 6.04 Å². The first-order valence-electron chi connectivity index (χ1n) is 13.4. The lowest BCUT2D eigenvalue weighted by Crippen LogP contribution is -2.28. The number of unbranched alkanes of at least 4 members (excludes halogenated alkanes) is 1. The quantitative estimate of drug-likeness (QED) is 0.220. The average Bonchev–Trinajstić information content (AvgIpc) is 3.58. The van der Waals surface area contributed by atoms with E-state index in [1.807, 2.05) is 12.4 Å². The van der Waals surface area contributed by atoms with E-state index in [2.05, 4.69) is 80.7 Å². The molecule has 0 aliphatic rings. The summed E-state index contributed by atoms with van der Waals surface area (Å²) in [5.41, 5.74) is 2.36. The number of halogens is 1. The van der Waals surface area contributed by atoms with Gasteiger partial charge in [-0.1, -0.05) is 37.6 Å². The van der Waals surface area contributed by atoms with Gasteiger partial charge in [-0.05, 0) is 83.0 Å². The Balaban J connectivity index is 1.54. The van der Waals surface area contributed by atoms with Crippen LogP contribution in [0.15, 0.2) is 43.0 Å². The molecule has 0 bridgehead atoms. The fourth-order valence-corrected chi connectivity index (χ4v) is 4.96. The average molecular weight is 514 g/mol. The van der Waals surface area contributed by atoms with Gasteiger partial charge in [0.25, 0.3) is 0 Å². The summed E-state index contributed by atoms with van der Waals surface area (Å²) in [5.74, 6) is 1.88. The van der Waals surface area contributed by atoms with Gasteiger partial charge in [-0.2, -0.15) is 0 Å². The molecular formula is C28H44ClN7. The van der Waals surface area contributed by atoms with Crippen LogP contribution in [0.25, 0.3) is 0 Å². The molecule has 8 heteroatoms. The van der Waals surface area contributed by atoms with Gasteiger partial charge in [0.1, 0.15) is 11.6 Å². The molecule has 0 aliphatic heterocycles. The van der Waals surface area contributed by atoms with Crippen LogP contribution >= 0.6 is 11.6 Å². The molecule has 3 rings (SSSR count). The summed E-state index contributed by atoms with van der Waals surface area (Å²) in [7, 11) is 2.19. The Bertz CT molecular complexity index is 968. The molecule has 36 heavy (non-hydrogen) atoms. The minimum Gasteiger partial charge on any atom is -0.348 e. The van der Waals surface area contributed by atoms with Crippen molar-refractivity contribution in [1.82, 2.24) is 34.6 Å². The van der Waals surface area contributed by atoms with Crippen LogP contribution in [-0.4, -0.2) is 67.9 Å². The Kier molecular flexibility index (Phi) is 11.9. The van der Waals surface area contributed by atoms with Crippen LogP contribution in [0.1, 0.15) is 75.3 Å². The van der Waals surface area contributed by atoms with Gasteiger partial charge in [0.05, 0.1) is 12.6 Å². The molecule has 198 valence electrons. The van der Waals surface area contributed by atoms with E-state index >= 15 is 0 Å². The Hall–Kier alpha value is -2.19. The van der Waals surface area contributed by atoms with E-state index in [0.717, 1.165) is 36.3 Å². The van der Waals surface area contributed by atoms with E-state index < -0.39 is 0 Å². The van der Waals surface area contributed by atoms with E-state index in [1.165, 1.54) is 56.4 Å². The predicted molar refractivity (Wildman–Crippen MR) is 149 cm³/mol. The fourth-order valence-electron chi connectivity index (χ4n) is 4.69. The second kappa shape index (κ2) is 15.2. The largest absolute Gasteiger partial charge is 0.348 e. The summed E-state index contributed by atoms with van der Waals surface area (Å²) in [6.07, 6.45) is 12.2. The summed E-state index contributed by atoms with van der Waals surface area (Å²) in [6, 6.07) is 6.61. The van der Waals surface area contributed by atoms with Crippen molar-refractivity contribution in [1.29, 1.82) is 0 Å². The predicted octanol–water partition coefficient (Wildman–Crippen LogP) is 5.88. The molecule has 2 heterocycles. The van der Waals surface area contributed by atoms with Crippen LogP contribution in [0.5, 0.6) is 0 Å². The van der Waals surface area contributed by atoms with E-state index in [1.54, 1.807) is 12.4 Å². The van der Waals surface area contributed by atoms with Crippen LogP contribution < -0.4 is 0 Å². The number of nitrogens with one attached hydrogen (secondary N) is 2. The molecule has 2 aromatic heterocycles. The van der Waals surface area contributed by atoms with E-state index in [0.29, 0.717) is 6.54 Å².